The summed E-state index contributed by atoms with van der Waals surface area (Å²) < 4.78 is 1.91. The second-order valence-corrected chi connectivity index (χ2v) is 7.63. The Morgan fingerprint density at radius 1 is 1.26 bits per heavy atom. The number of thioether (sulfide) groups is 1. The van der Waals surface area contributed by atoms with Crippen LogP contribution < -0.4 is 0 Å². The van der Waals surface area contributed by atoms with E-state index in [1.54, 1.807) is 0 Å². The van der Waals surface area contributed by atoms with Crippen molar-refractivity contribution in [1.29, 1.82) is 0 Å². The van der Waals surface area contributed by atoms with Crippen molar-refractivity contribution in [2.45, 2.75) is 39.3 Å². The Hall–Kier alpha value is -1.63. The average Bonchev–Trinajstić information content (AvgIpc) is 2.86. The first-order chi connectivity index (χ1) is 10.9. The number of hydrogen-bond acceptors (Lipinski definition) is 5. The number of aromatic nitrogens is 4. The Morgan fingerprint density at radius 3 is 2.65 bits per heavy atom. The molecule has 0 spiro atoms. The van der Waals surface area contributed by atoms with Crippen LogP contribution in [-0.4, -0.2) is 49.2 Å². The highest BCUT2D eigenvalue weighted by Crippen LogP contribution is 2.23. The van der Waals surface area contributed by atoms with Crippen molar-refractivity contribution < 1.29 is 4.79 Å². The van der Waals surface area contributed by atoms with E-state index in [0.717, 1.165) is 29.6 Å². The van der Waals surface area contributed by atoms with Crippen molar-refractivity contribution in [2.75, 3.05) is 18.8 Å². The largest absolute Gasteiger partial charge is 0.341 e. The summed E-state index contributed by atoms with van der Waals surface area (Å²) in [6.07, 6.45) is 1.20. The summed E-state index contributed by atoms with van der Waals surface area (Å²) in [5.41, 5.74) is 1.96. The summed E-state index contributed by atoms with van der Waals surface area (Å²) in [4.78, 5) is 18.9. The third-order valence-electron chi connectivity index (χ3n) is 4.21. The Kier molecular flexibility index (Phi) is 4.57. The molecule has 1 saturated heterocycles. The fourth-order valence-electron chi connectivity index (χ4n) is 3.38. The number of carbonyl (C=O) groups excluding carboxylic acids is 1. The second kappa shape index (κ2) is 6.47. The lowest BCUT2D eigenvalue weighted by atomic mass is 9.92. The summed E-state index contributed by atoms with van der Waals surface area (Å²) in [7, 11) is 0. The Balaban J connectivity index is 1.70. The molecule has 1 aliphatic rings. The highest BCUT2D eigenvalue weighted by atomic mass is 32.2. The van der Waals surface area contributed by atoms with Gasteiger partial charge in [0.1, 0.15) is 0 Å². The molecular formula is C16H23N5OS. The highest BCUT2D eigenvalue weighted by Gasteiger charge is 2.25. The molecular weight excluding hydrogens is 310 g/mol. The molecule has 1 amide bonds. The van der Waals surface area contributed by atoms with E-state index in [1.165, 1.54) is 18.2 Å². The van der Waals surface area contributed by atoms with Crippen molar-refractivity contribution in [3.63, 3.8) is 0 Å². The fourth-order valence-corrected chi connectivity index (χ4v) is 4.27. The van der Waals surface area contributed by atoms with E-state index in [1.807, 2.05) is 29.2 Å². The van der Waals surface area contributed by atoms with Gasteiger partial charge in [-0.05, 0) is 38.2 Å². The number of aryl methyl sites for hydroxylation is 2. The molecule has 2 aromatic heterocycles. The number of likely N-dealkylation sites (tertiary alicyclic amines) is 1. The molecule has 1 aliphatic heterocycles. The van der Waals surface area contributed by atoms with Gasteiger partial charge in [0.15, 0.2) is 5.16 Å². The first-order valence-corrected chi connectivity index (χ1v) is 9.02. The smallest absolute Gasteiger partial charge is 0.256 e. The van der Waals surface area contributed by atoms with Crippen LogP contribution >= 0.6 is 11.8 Å². The van der Waals surface area contributed by atoms with Crippen LogP contribution in [0, 0.1) is 25.7 Å². The monoisotopic (exact) mass is 333 g/mol. The molecule has 0 bridgehead atoms. The maximum absolute atomic E-state index is 12.5. The second-order valence-electron chi connectivity index (χ2n) is 6.69. The lowest BCUT2D eigenvalue weighted by molar-refractivity contribution is -0.130. The highest BCUT2D eigenvalue weighted by molar-refractivity contribution is 7.99. The molecule has 3 rings (SSSR count). The molecule has 6 nitrogen and oxygen atoms in total. The van der Waals surface area contributed by atoms with E-state index in [9.17, 15) is 4.79 Å². The van der Waals surface area contributed by atoms with Crippen LogP contribution in [-0.2, 0) is 4.79 Å². The first-order valence-electron chi connectivity index (χ1n) is 8.04. The Morgan fingerprint density at radius 2 is 1.96 bits per heavy atom. The third kappa shape index (κ3) is 3.49. The molecule has 0 aromatic carbocycles. The van der Waals surface area contributed by atoms with Crippen LogP contribution in [0.4, 0.5) is 0 Å². The van der Waals surface area contributed by atoms with E-state index in [2.05, 4.69) is 29.0 Å². The van der Waals surface area contributed by atoms with Gasteiger partial charge in [-0.1, -0.05) is 25.6 Å². The SMILES string of the molecule is Cc1cc(C)n2c(SCC(=O)N3C[C@H](C)C[C@H](C)C3)nnc2n1. The normalized spacial score (nSPS) is 21.8. The van der Waals surface area contributed by atoms with Crippen LogP contribution in [0.3, 0.4) is 0 Å². The molecule has 3 heterocycles. The van der Waals surface area contributed by atoms with Gasteiger partial charge in [-0.2, -0.15) is 0 Å². The van der Waals surface area contributed by atoms with Crippen LogP contribution in [0.25, 0.3) is 5.78 Å². The van der Waals surface area contributed by atoms with Crippen molar-refractivity contribution in [1.82, 2.24) is 24.5 Å². The summed E-state index contributed by atoms with van der Waals surface area (Å²) >= 11 is 1.44. The molecule has 0 radical (unpaired) electrons. The molecule has 23 heavy (non-hydrogen) atoms. The zero-order chi connectivity index (χ0) is 16.6. The van der Waals surface area contributed by atoms with Crippen molar-refractivity contribution in [3.8, 4) is 0 Å². The van der Waals surface area contributed by atoms with Crippen LogP contribution in [0.5, 0.6) is 0 Å². The number of fused-ring (bicyclic) bond motifs is 1. The number of hydrogen-bond donors (Lipinski definition) is 0. The van der Waals surface area contributed by atoms with Crippen molar-refractivity contribution >= 4 is 23.4 Å². The molecule has 0 unspecified atom stereocenters. The predicted octanol–water partition coefficient (Wildman–Crippen LogP) is 2.34. The van der Waals surface area contributed by atoms with Gasteiger partial charge in [0.25, 0.3) is 5.78 Å². The molecule has 0 aliphatic carbocycles. The van der Waals surface area contributed by atoms with Crippen molar-refractivity contribution in [2.24, 2.45) is 11.8 Å². The number of nitrogens with zero attached hydrogens (tertiary/aromatic N) is 5. The summed E-state index contributed by atoms with van der Waals surface area (Å²) in [6.45, 7) is 10.1. The van der Waals surface area contributed by atoms with E-state index >= 15 is 0 Å². The van der Waals surface area contributed by atoms with Gasteiger partial charge in [-0.25, -0.2) is 4.98 Å². The predicted molar refractivity (Wildman–Crippen MR) is 90.5 cm³/mol. The van der Waals surface area contributed by atoms with E-state index in [-0.39, 0.29) is 5.91 Å². The minimum atomic E-state index is 0.183. The van der Waals surface area contributed by atoms with E-state index in [0.29, 0.717) is 23.4 Å². The molecule has 1 fully saturated rings. The quantitative estimate of drug-likeness (QED) is 0.807. The van der Waals surface area contributed by atoms with Crippen LogP contribution in [0.1, 0.15) is 31.7 Å². The minimum Gasteiger partial charge on any atom is -0.341 e. The zero-order valence-corrected chi connectivity index (χ0v) is 14.9. The molecule has 2 atom stereocenters. The first kappa shape index (κ1) is 16.2. The van der Waals surface area contributed by atoms with Gasteiger partial charge in [-0.3, -0.25) is 9.20 Å². The van der Waals surface area contributed by atoms with Gasteiger partial charge < -0.3 is 4.90 Å². The summed E-state index contributed by atoms with van der Waals surface area (Å²) in [6, 6.07) is 2.00. The molecule has 124 valence electrons. The number of carbonyl (C=O) groups is 1. The molecule has 7 heteroatoms. The molecule has 0 N–H and O–H groups in total. The van der Waals surface area contributed by atoms with E-state index < -0.39 is 0 Å². The maximum Gasteiger partial charge on any atom is 0.256 e. The summed E-state index contributed by atoms with van der Waals surface area (Å²) in [5.74, 6) is 2.33. The van der Waals surface area contributed by atoms with Gasteiger partial charge in [0.05, 0.1) is 5.75 Å². The van der Waals surface area contributed by atoms with E-state index in [4.69, 9.17) is 0 Å². The van der Waals surface area contributed by atoms with Crippen LogP contribution in [0.2, 0.25) is 0 Å². The maximum atomic E-state index is 12.5. The van der Waals surface area contributed by atoms with Crippen molar-refractivity contribution in [3.05, 3.63) is 17.5 Å². The number of piperidine rings is 1. The number of rotatable bonds is 3. The van der Waals surface area contributed by atoms with Gasteiger partial charge >= 0.3 is 0 Å². The minimum absolute atomic E-state index is 0.183. The molecule has 0 saturated carbocycles. The standard InChI is InChI=1S/C16H23N5OS/c1-10-5-11(2)8-20(7-10)14(22)9-23-16-19-18-15-17-12(3)6-13(4)21(15)16/h6,10-11H,5,7-9H2,1-4H3/t10-,11+. The Labute approximate surface area is 140 Å². The zero-order valence-electron chi connectivity index (χ0n) is 14.1. The fraction of sp³-hybridized carbons (Fsp3) is 0.625. The topological polar surface area (TPSA) is 63.4 Å². The van der Waals surface area contributed by atoms with Gasteiger partial charge in [0, 0.05) is 24.5 Å². The van der Waals surface area contributed by atoms with Crippen LogP contribution in [0.15, 0.2) is 11.2 Å². The lowest BCUT2D eigenvalue weighted by Crippen LogP contribution is -2.43. The lowest BCUT2D eigenvalue weighted by Gasteiger charge is -2.34. The third-order valence-corrected chi connectivity index (χ3v) is 5.12. The van der Waals surface area contributed by atoms with Gasteiger partial charge in [-0.15, -0.1) is 10.2 Å². The van der Waals surface area contributed by atoms with Gasteiger partial charge in [0.2, 0.25) is 5.91 Å². The number of amides is 1. The Bertz CT molecular complexity index is 719. The summed E-state index contributed by atoms with van der Waals surface area (Å²) in [5, 5.41) is 9.03. The molecule has 2 aromatic rings. The average molecular weight is 333 g/mol.